The molecule has 1 N–H and O–H groups in total. The Labute approximate surface area is 184 Å². The van der Waals surface area contributed by atoms with Crippen LogP contribution in [0.4, 0.5) is 9.52 Å². The Hall–Kier alpha value is -2.33. The molecule has 7 nitrogen and oxygen atoms in total. The summed E-state index contributed by atoms with van der Waals surface area (Å²) in [6.45, 7) is 2.77. The molecule has 2 aliphatic rings. The van der Waals surface area contributed by atoms with Gasteiger partial charge in [-0.1, -0.05) is 23.5 Å². The van der Waals surface area contributed by atoms with Crippen molar-refractivity contribution in [1.29, 1.82) is 0 Å². The number of aromatic nitrogens is 1. The van der Waals surface area contributed by atoms with Gasteiger partial charge in [-0.25, -0.2) is 13.4 Å². The maximum atomic E-state index is 13.3. The third-order valence-electron chi connectivity index (χ3n) is 5.90. The number of nitrogens with zero attached hydrogens (tertiary/aromatic N) is 2. The SMILES string of the molecule is CC(=O)N1CC[C@H](C[C@@H](C(=O)Nc2ncc(F)s2)c2ccc(S(=O)(=O)C3CC3)cc2)C1. The van der Waals surface area contributed by atoms with Crippen LogP contribution in [0.1, 0.15) is 44.1 Å². The Kier molecular flexibility index (Phi) is 6.11. The first-order chi connectivity index (χ1) is 14.7. The smallest absolute Gasteiger partial charge is 0.233 e. The van der Waals surface area contributed by atoms with Crippen molar-refractivity contribution in [2.45, 2.75) is 48.7 Å². The van der Waals surface area contributed by atoms with E-state index >= 15 is 0 Å². The number of nitrogens with one attached hydrogen (secondary N) is 1. The van der Waals surface area contributed by atoms with Crippen LogP contribution < -0.4 is 5.32 Å². The Morgan fingerprint density at radius 2 is 1.97 bits per heavy atom. The number of amides is 2. The van der Waals surface area contributed by atoms with Gasteiger partial charge in [0.15, 0.2) is 20.1 Å². The predicted molar refractivity (Wildman–Crippen MR) is 115 cm³/mol. The summed E-state index contributed by atoms with van der Waals surface area (Å²) >= 11 is 0.750. The third kappa shape index (κ3) is 4.95. The summed E-state index contributed by atoms with van der Waals surface area (Å²) in [5.41, 5.74) is 0.686. The van der Waals surface area contributed by atoms with E-state index in [1.54, 1.807) is 29.2 Å². The van der Waals surface area contributed by atoms with Crippen LogP contribution in [-0.4, -0.2) is 48.5 Å². The molecule has 0 unspecified atom stereocenters. The zero-order valence-electron chi connectivity index (χ0n) is 17.1. The van der Waals surface area contributed by atoms with E-state index in [2.05, 4.69) is 10.3 Å². The molecular weight excluding hydrogens is 441 g/mol. The van der Waals surface area contributed by atoms with Gasteiger partial charge in [0.1, 0.15) is 0 Å². The standard InChI is InChI=1S/C21H24FN3O4S2/c1-13(26)25-9-8-14(12-25)10-18(20(27)24-21-23-11-19(22)30-21)15-2-4-16(5-3-15)31(28,29)17-6-7-17/h2-5,11,14,17-18H,6-10,12H2,1H3,(H,23,24,27)/t14-,18-/m1/s1. The zero-order chi connectivity index (χ0) is 22.2. The average molecular weight is 466 g/mol. The van der Waals surface area contributed by atoms with Crippen molar-refractivity contribution < 1.29 is 22.4 Å². The van der Waals surface area contributed by atoms with Crippen molar-refractivity contribution >= 4 is 38.1 Å². The molecule has 2 atom stereocenters. The van der Waals surface area contributed by atoms with Crippen molar-refractivity contribution in [2.75, 3.05) is 18.4 Å². The highest BCUT2D eigenvalue weighted by molar-refractivity contribution is 7.92. The van der Waals surface area contributed by atoms with E-state index in [0.717, 1.165) is 24.0 Å². The first kappa shape index (κ1) is 21.9. The summed E-state index contributed by atoms with van der Waals surface area (Å²) in [6.07, 6.45) is 3.72. The Balaban J connectivity index is 1.55. The molecule has 2 heterocycles. The van der Waals surface area contributed by atoms with E-state index in [0.29, 0.717) is 37.9 Å². The summed E-state index contributed by atoms with van der Waals surface area (Å²) in [7, 11) is -3.31. The first-order valence-electron chi connectivity index (χ1n) is 10.3. The molecule has 1 saturated heterocycles. The van der Waals surface area contributed by atoms with Crippen molar-refractivity contribution in [1.82, 2.24) is 9.88 Å². The van der Waals surface area contributed by atoms with Crippen LogP contribution in [0.15, 0.2) is 35.4 Å². The summed E-state index contributed by atoms with van der Waals surface area (Å²) in [5, 5.41) is 2.06. The minimum Gasteiger partial charge on any atom is -0.343 e. The maximum absolute atomic E-state index is 13.3. The fourth-order valence-corrected chi connectivity index (χ4v) is 6.21. The number of anilines is 1. The summed E-state index contributed by atoms with van der Waals surface area (Å²) in [4.78, 5) is 30.6. The van der Waals surface area contributed by atoms with Gasteiger partial charge >= 0.3 is 0 Å². The van der Waals surface area contributed by atoms with E-state index in [4.69, 9.17) is 0 Å². The minimum absolute atomic E-state index is 0.0106. The van der Waals surface area contributed by atoms with Crippen LogP contribution in [0.2, 0.25) is 0 Å². The summed E-state index contributed by atoms with van der Waals surface area (Å²) in [6, 6.07) is 6.48. The quantitative estimate of drug-likeness (QED) is 0.677. The number of rotatable bonds is 7. The normalized spacial score (nSPS) is 19.9. The number of benzene rings is 1. The molecule has 10 heteroatoms. The van der Waals surface area contributed by atoms with Gasteiger partial charge in [0.25, 0.3) is 0 Å². The van der Waals surface area contributed by atoms with Gasteiger partial charge in [0, 0.05) is 20.0 Å². The van der Waals surface area contributed by atoms with Crippen molar-refractivity contribution in [3.63, 3.8) is 0 Å². The maximum Gasteiger partial charge on any atom is 0.233 e. The van der Waals surface area contributed by atoms with Gasteiger partial charge in [0.2, 0.25) is 11.8 Å². The lowest BCUT2D eigenvalue weighted by molar-refractivity contribution is -0.127. The largest absolute Gasteiger partial charge is 0.343 e. The number of likely N-dealkylation sites (tertiary alicyclic amines) is 1. The fraction of sp³-hybridized carbons (Fsp3) is 0.476. The number of sulfone groups is 1. The average Bonchev–Trinajstić information content (AvgIpc) is 3.37. The van der Waals surface area contributed by atoms with Crippen molar-refractivity contribution in [2.24, 2.45) is 5.92 Å². The van der Waals surface area contributed by atoms with Gasteiger partial charge < -0.3 is 10.2 Å². The highest BCUT2D eigenvalue weighted by Gasteiger charge is 2.37. The molecule has 0 radical (unpaired) electrons. The van der Waals surface area contributed by atoms with E-state index in [1.807, 2.05) is 0 Å². The second-order valence-corrected chi connectivity index (χ2v) is 11.4. The molecule has 1 aliphatic heterocycles. The first-order valence-corrected chi connectivity index (χ1v) is 12.6. The molecule has 1 aliphatic carbocycles. The molecule has 2 aromatic rings. The second-order valence-electron chi connectivity index (χ2n) is 8.18. The van der Waals surface area contributed by atoms with Gasteiger partial charge in [-0.05, 0) is 49.3 Å². The molecule has 1 saturated carbocycles. The lowest BCUT2D eigenvalue weighted by Crippen LogP contribution is -2.27. The van der Waals surface area contributed by atoms with Crippen molar-refractivity contribution in [3.8, 4) is 0 Å². The Bertz CT molecular complexity index is 1080. The third-order valence-corrected chi connectivity index (χ3v) is 8.88. The monoisotopic (exact) mass is 465 g/mol. The molecule has 1 aromatic carbocycles. The van der Waals surface area contributed by atoms with Crippen LogP contribution in [0.3, 0.4) is 0 Å². The van der Waals surface area contributed by atoms with Crippen LogP contribution in [0, 0.1) is 11.0 Å². The van der Waals surface area contributed by atoms with E-state index < -0.39 is 20.9 Å². The topological polar surface area (TPSA) is 96.4 Å². The summed E-state index contributed by atoms with van der Waals surface area (Å²) in [5.74, 6) is -0.742. The Morgan fingerprint density at radius 1 is 1.26 bits per heavy atom. The molecule has 31 heavy (non-hydrogen) atoms. The molecule has 166 valence electrons. The molecule has 4 rings (SSSR count). The lowest BCUT2D eigenvalue weighted by atomic mass is 9.87. The molecule has 1 aromatic heterocycles. The fourth-order valence-electron chi connectivity index (χ4n) is 4.00. The molecule has 0 spiro atoms. The Morgan fingerprint density at radius 3 is 2.52 bits per heavy atom. The highest BCUT2D eigenvalue weighted by Crippen LogP contribution is 2.35. The minimum atomic E-state index is -3.31. The van der Waals surface area contributed by atoms with Gasteiger partial charge in [-0.15, -0.1) is 0 Å². The number of thiazole rings is 1. The summed E-state index contributed by atoms with van der Waals surface area (Å²) < 4.78 is 38.2. The molecule has 2 fully saturated rings. The lowest BCUT2D eigenvalue weighted by Gasteiger charge is -2.21. The van der Waals surface area contributed by atoms with Gasteiger partial charge in [-0.3, -0.25) is 9.59 Å². The highest BCUT2D eigenvalue weighted by atomic mass is 32.2. The van der Waals surface area contributed by atoms with Crippen LogP contribution >= 0.6 is 11.3 Å². The predicted octanol–water partition coefficient (Wildman–Crippen LogP) is 3.20. The number of halogens is 1. The number of hydrogen-bond donors (Lipinski definition) is 1. The number of carbonyl (C=O) groups is 2. The number of hydrogen-bond acceptors (Lipinski definition) is 6. The molecule has 2 amide bonds. The van der Waals surface area contributed by atoms with Crippen LogP contribution in [0.5, 0.6) is 0 Å². The van der Waals surface area contributed by atoms with Crippen molar-refractivity contribution in [3.05, 3.63) is 41.2 Å². The van der Waals surface area contributed by atoms with Crippen LogP contribution in [0.25, 0.3) is 0 Å². The zero-order valence-corrected chi connectivity index (χ0v) is 18.7. The van der Waals surface area contributed by atoms with E-state index in [-0.39, 0.29) is 33.0 Å². The van der Waals surface area contributed by atoms with Gasteiger partial charge in [0.05, 0.1) is 22.3 Å². The van der Waals surface area contributed by atoms with E-state index in [9.17, 15) is 22.4 Å². The van der Waals surface area contributed by atoms with Gasteiger partial charge in [-0.2, -0.15) is 4.39 Å². The second kappa shape index (κ2) is 8.66. The number of carbonyl (C=O) groups excluding carboxylic acids is 2. The van der Waals surface area contributed by atoms with Crippen LogP contribution in [-0.2, 0) is 19.4 Å². The molecule has 0 bridgehead atoms. The molecular formula is C21H24FN3O4S2. The van der Waals surface area contributed by atoms with E-state index in [1.165, 1.54) is 6.92 Å².